The van der Waals surface area contributed by atoms with Crippen LogP contribution in [0, 0.1) is 151 Å². The molecule has 0 amide bonds. The van der Waals surface area contributed by atoms with Crippen molar-refractivity contribution >= 4 is 65.8 Å². The van der Waals surface area contributed by atoms with Crippen LogP contribution in [0.25, 0.3) is 0 Å². The standard InChI is InChI=1S/C40H51NO4S.C36H47NO2S.C29H39NO2.C7H8S.C4H6O3.C4H8O/c1-24-12-14-28(15-13-24)46-31-21-32-38(9,29-20-30(44-26(3)42)35(45-27(4)43)25(2)34(29)31)17-19-40(11)33(22-36(5,6)23-41)37(7,8)16-18-39(32,40)10;1-22-10-12-24(13-11-22)40-27-19-28-34(7,25-18-26(38)31(39)23(2)30(25)27)15-17-36(9)29(20-32(3,4)21-37)33(5,6)14-16-35(28,36)8;1-19-20-8-9-23-28(6,21(20)16-22(31)24(19)32)14-13-27(5)17-26(4,12-15-29(23,27)7)11-10-25(2,3)18-30;1-6-2-4-7(8)5-3-6;1-3(5)7-4(2)6;1-2-4-5-3-1/h12-15,20-21,31,33H,16-19,22H2,1-11H3;10-13,18-19,27,29,38-39H,14-17,20H2,1-9H3;8-9,16,32H,10-15,17H2,1-7H3;2-5,8H,1H3;1-2H3;1-4H2/t31?,33-,38+,39-,40+;27?,29-,34+,35-,36+;26-,27+,28+,29-;;;/m111.../s1. The number of thiol groups is 1. The van der Waals surface area contributed by atoms with Crippen molar-refractivity contribution in [1.82, 2.24) is 0 Å². The minimum Gasteiger partial charge on any atom is -0.504 e. The Morgan fingerprint density at radius 1 is 0.500 bits per heavy atom. The molecule has 1 aliphatic heterocycles. The minimum atomic E-state index is -0.562. The second-order valence-corrected chi connectivity index (χ2v) is 51.3. The Bertz CT molecular complexity index is 5820. The first-order valence-electron chi connectivity index (χ1n) is 50.3. The number of ether oxygens (including phenoxy) is 4. The van der Waals surface area contributed by atoms with E-state index in [9.17, 15) is 55.1 Å². The Morgan fingerprint density at radius 3 is 1.34 bits per heavy atom. The highest BCUT2D eigenvalue weighted by Crippen LogP contribution is 2.78. The third-order valence-corrected chi connectivity index (χ3v) is 38.5. The van der Waals surface area contributed by atoms with Crippen molar-refractivity contribution in [1.29, 1.82) is 15.8 Å². The lowest BCUT2D eigenvalue weighted by Crippen LogP contribution is -2.60. The molecule has 0 bridgehead atoms. The number of hydrogen-bond acceptors (Lipinski definition) is 18. The Kier molecular flexibility index (Phi) is 32.2. The molecule has 14 atom stereocenters. The molecule has 2 unspecified atom stereocenters. The van der Waals surface area contributed by atoms with Crippen LogP contribution in [-0.2, 0) is 44.3 Å². The van der Waals surface area contributed by atoms with E-state index in [0.717, 1.165) is 153 Å². The number of thioether (sulfide) groups is 2. The summed E-state index contributed by atoms with van der Waals surface area (Å²) in [7, 11) is 0. The van der Waals surface area contributed by atoms with Gasteiger partial charge >= 0.3 is 23.9 Å². The second kappa shape index (κ2) is 40.5. The number of aliphatic hydroxyl groups is 1. The first-order valence-corrected chi connectivity index (χ1v) is 52.5. The van der Waals surface area contributed by atoms with Crippen LogP contribution in [0.5, 0.6) is 23.0 Å². The van der Waals surface area contributed by atoms with Gasteiger partial charge in [-0.25, -0.2) is 0 Å². The predicted octanol–water partition coefficient (Wildman–Crippen LogP) is 31.0. The number of aliphatic hydroxyl groups excluding tert-OH is 1. The van der Waals surface area contributed by atoms with E-state index in [2.05, 4.69) is 268 Å². The smallest absolute Gasteiger partial charge is 0.310 e. The summed E-state index contributed by atoms with van der Waals surface area (Å²) >= 11 is 7.79. The maximum atomic E-state index is 12.5. The average molecular weight is 1930 g/mol. The van der Waals surface area contributed by atoms with Gasteiger partial charge in [-0.15, -0.1) is 36.2 Å². The van der Waals surface area contributed by atoms with Gasteiger partial charge in [0.15, 0.2) is 28.8 Å². The van der Waals surface area contributed by atoms with Gasteiger partial charge in [-0.2, -0.15) is 15.8 Å². The summed E-state index contributed by atoms with van der Waals surface area (Å²) in [5.41, 5.74) is 16.1. The van der Waals surface area contributed by atoms with Crippen LogP contribution < -0.4 is 9.47 Å². The number of ketones is 1. The Labute approximate surface area is 841 Å². The van der Waals surface area contributed by atoms with Crippen molar-refractivity contribution in [3.05, 3.63) is 205 Å². The van der Waals surface area contributed by atoms with E-state index in [1.54, 1.807) is 6.08 Å². The molecule has 744 valence electrons. The zero-order valence-corrected chi connectivity index (χ0v) is 91.3. The van der Waals surface area contributed by atoms with E-state index in [0.29, 0.717) is 28.9 Å². The van der Waals surface area contributed by atoms with Crippen molar-refractivity contribution in [2.45, 2.75) is 366 Å². The van der Waals surface area contributed by atoms with E-state index in [1.165, 1.54) is 102 Å². The van der Waals surface area contributed by atoms with Crippen LogP contribution in [0.4, 0.5) is 0 Å². The van der Waals surface area contributed by atoms with Gasteiger partial charge in [0.2, 0.25) is 5.78 Å². The number of allylic oxidation sites excluding steroid dienone is 9. The zero-order valence-electron chi connectivity index (χ0n) is 88.7. The molecule has 6 saturated carbocycles. The topological polar surface area (TPSA) is 254 Å². The van der Waals surface area contributed by atoms with E-state index in [1.807, 2.05) is 80.7 Å². The number of aromatic hydroxyl groups is 2. The van der Waals surface area contributed by atoms with Gasteiger partial charge in [0, 0.05) is 83.0 Å². The van der Waals surface area contributed by atoms with Gasteiger partial charge in [0.25, 0.3) is 0 Å². The maximum absolute atomic E-state index is 12.5. The molecule has 138 heavy (non-hydrogen) atoms. The number of benzene rings is 5. The number of phenolic OH excluding ortho intramolecular Hbond substituents is 2. The predicted molar refractivity (Wildman–Crippen MR) is 560 cm³/mol. The number of phenols is 2. The highest BCUT2D eigenvalue weighted by atomic mass is 32.2. The van der Waals surface area contributed by atoms with E-state index < -0.39 is 29.3 Å². The molecule has 0 radical (unpaired) electrons. The van der Waals surface area contributed by atoms with Gasteiger partial charge in [0.05, 0.1) is 45.0 Å². The lowest BCUT2D eigenvalue weighted by atomic mass is 9.36. The normalized spacial score (nSPS) is 30.3. The highest BCUT2D eigenvalue weighted by Gasteiger charge is 2.68. The number of carbonyl (C=O) groups is 5. The fourth-order valence-electron chi connectivity index (χ4n) is 26.8. The van der Waals surface area contributed by atoms with Gasteiger partial charge < -0.3 is 34.3 Å². The molecule has 5 aromatic carbocycles. The number of fused-ring (bicyclic) bond motifs is 15. The van der Waals surface area contributed by atoms with Crippen LogP contribution in [-0.4, -0.2) is 58.2 Å². The number of nitriles is 3. The molecule has 0 aromatic heterocycles. The van der Waals surface area contributed by atoms with Crippen molar-refractivity contribution in [2.24, 2.45) is 82.2 Å². The Morgan fingerprint density at radius 2 is 0.928 bits per heavy atom. The Hall–Kier alpha value is -8.83. The van der Waals surface area contributed by atoms with E-state index >= 15 is 0 Å². The number of hydrogen-bond donors (Lipinski definition) is 4. The van der Waals surface area contributed by atoms with Crippen LogP contribution in [0.15, 0.2) is 169 Å². The highest BCUT2D eigenvalue weighted by molar-refractivity contribution is 8.00. The van der Waals surface area contributed by atoms with E-state index in [4.69, 9.17) is 14.2 Å². The molecule has 16 rings (SSSR count). The van der Waals surface area contributed by atoms with Gasteiger partial charge in [-0.1, -0.05) is 191 Å². The number of aryl methyl sites for hydroxylation is 3. The second-order valence-electron chi connectivity index (χ2n) is 48.3. The molecule has 18 heteroatoms. The molecular formula is C120H159N3O12S3. The van der Waals surface area contributed by atoms with Crippen molar-refractivity contribution < 1.29 is 58.2 Å². The molecule has 0 spiro atoms. The van der Waals surface area contributed by atoms with Crippen LogP contribution >= 0.6 is 36.2 Å². The first-order chi connectivity index (χ1) is 63.9. The summed E-state index contributed by atoms with van der Waals surface area (Å²) in [4.78, 5) is 60.2. The molecule has 10 aliphatic carbocycles. The van der Waals surface area contributed by atoms with Gasteiger partial charge in [0.1, 0.15) is 0 Å². The SMILES string of the molecule is C1CCOC1.CC(=O)OC(C)=O.CC(=O)Oc1cc2c(c(C)c1OC(C)=O)C(Sc1ccc(C)cc1)C=C1[C@@]2(C)CC[C@@]2(C)[C@H](CC(C)(C)C#N)C(C)(C)CC[C@]12C.CC1=C(O)C(=O)C=C2C1=CC=C1[C@@]2(C)CC[C@@]2(C)C[C@](C)(CCC(C)(C)C#N)CC[C@]12C.Cc1ccc(S)cc1.Cc1ccc(SC2C=C3[C@@](C)(CC[C@@]4(C)[C@H](CC(C)(C)C#N)C(C)(C)CC[C@]34C)c3cc(O)c(O)c(C)c32)cc1. The molecule has 1 saturated heterocycles. The number of esters is 4. The summed E-state index contributed by atoms with van der Waals surface area (Å²) < 4.78 is 20.5. The third-order valence-electron chi connectivity index (χ3n) is 35.9. The minimum absolute atomic E-state index is 0.00113. The van der Waals surface area contributed by atoms with Crippen LogP contribution in [0.3, 0.4) is 0 Å². The summed E-state index contributed by atoms with van der Waals surface area (Å²) in [5.74, 6) is -1.00. The lowest BCUT2D eigenvalue weighted by molar-refractivity contribution is -0.156. The van der Waals surface area contributed by atoms with Gasteiger partial charge in [-0.3, -0.25) is 24.0 Å². The summed E-state index contributed by atoms with van der Waals surface area (Å²) in [6.45, 7) is 65.8. The number of nitrogens with zero attached hydrogens (tertiary/aromatic N) is 3. The largest absolute Gasteiger partial charge is 0.504 e. The molecule has 5 aromatic rings. The summed E-state index contributed by atoms with van der Waals surface area (Å²) in [6.07, 6.45) is 31.7. The fraction of sp³-hybridized carbons (Fsp3) is 0.583. The Balaban J connectivity index is 0.000000181. The van der Waals surface area contributed by atoms with Gasteiger partial charge in [-0.05, 0) is 359 Å². The van der Waals surface area contributed by atoms with Crippen LogP contribution in [0.1, 0.15) is 356 Å². The van der Waals surface area contributed by atoms with Crippen LogP contribution in [0.2, 0.25) is 0 Å². The third kappa shape index (κ3) is 21.6. The lowest BCUT2D eigenvalue weighted by Gasteiger charge is -2.68. The maximum Gasteiger partial charge on any atom is 0.310 e. The zero-order chi connectivity index (χ0) is 103. The molecule has 1 heterocycles. The summed E-state index contributed by atoms with van der Waals surface area (Å²) in [6, 6.07) is 37.0. The van der Waals surface area contributed by atoms with E-state index in [-0.39, 0.29) is 109 Å². The van der Waals surface area contributed by atoms with Crippen molar-refractivity contribution in [3.63, 3.8) is 0 Å². The van der Waals surface area contributed by atoms with Crippen molar-refractivity contribution in [3.8, 4) is 41.2 Å². The number of carbonyl (C=O) groups excluding carboxylic acids is 5. The molecular weight excluding hydrogens is 1770 g/mol. The molecule has 7 fully saturated rings. The first kappa shape index (κ1) is 110. The number of rotatable bonds is 13. The fourth-order valence-corrected chi connectivity index (χ4v) is 29.3. The quantitative estimate of drug-likeness (QED) is 0.0213. The molecule has 3 N–H and O–H groups in total. The molecule has 11 aliphatic rings. The van der Waals surface area contributed by atoms with Crippen molar-refractivity contribution in [2.75, 3.05) is 13.2 Å². The molecule has 15 nitrogen and oxygen atoms in total. The monoisotopic (exact) mass is 1930 g/mol. The average Bonchev–Trinajstić information content (AvgIpc) is 0.733. The summed E-state index contributed by atoms with van der Waals surface area (Å²) in [5, 5.41) is 61.6.